The lowest BCUT2D eigenvalue weighted by Crippen LogP contribution is -2.30. The third-order valence-electron chi connectivity index (χ3n) is 5.36. The zero-order chi connectivity index (χ0) is 20.4. The summed E-state index contributed by atoms with van der Waals surface area (Å²) in [6, 6.07) is 16.2. The topological polar surface area (TPSA) is 70.5 Å². The smallest absolute Gasteiger partial charge is 0.295 e. The number of hydrogen-bond acceptors (Lipinski definition) is 4. The summed E-state index contributed by atoms with van der Waals surface area (Å²) in [6.07, 6.45) is 4.94. The number of carbonyl (C=O) groups is 2. The van der Waals surface area contributed by atoms with E-state index in [1.807, 2.05) is 43.3 Å². The molecule has 5 heteroatoms. The van der Waals surface area contributed by atoms with Gasteiger partial charge < -0.3 is 10.0 Å². The van der Waals surface area contributed by atoms with Crippen molar-refractivity contribution in [2.24, 2.45) is 0 Å². The van der Waals surface area contributed by atoms with Crippen molar-refractivity contribution in [1.82, 2.24) is 9.88 Å². The molecule has 1 fully saturated rings. The molecule has 29 heavy (non-hydrogen) atoms. The summed E-state index contributed by atoms with van der Waals surface area (Å²) in [5, 5.41) is 13.0. The zero-order valence-corrected chi connectivity index (χ0v) is 16.2. The monoisotopic (exact) mass is 386 g/mol. The number of aromatic nitrogens is 1. The second kappa shape index (κ2) is 7.87. The molecule has 1 aliphatic rings. The van der Waals surface area contributed by atoms with E-state index in [1.54, 1.807) is 35.5 Å². The number of hydrogen-bond donors (Lipinski definition) is 1. The van der Waals surface area contributed by atoms with Gasteiger partial charge in [0.1, 0.15) is 5.76 Å². The van der Waals surface area contributed by atoms with Gasteiger partial charge >= 0.3 is 0 Å². The number of aliphatic hydroxyl groups excluding tert-OH is 1. The first kappa shape index (κ1) is 18.9. The van der Waals surface area contributed by atoms with E-state index in [0.717, 1.165) is 29.2 Å². The molecule has 0 saturated carbocycles. The Labute approximate surface area is 169 Å². The Kier molecular flexibility index (Phi) is 5.12. The molecule has 1 N–H and O–H groups in total. The van der Waals surface area contributed by atoms with Crippen molar-refractivity contribution in [3.63, 3.8) is 0 Å². The van der Waals surface area contributed by atoms with Crippen LogP contribution in [0.5, 0.6) is 0 Å². The first-order valence-corrected chi connectivity index (χ1v) is 9.80. The summed E-state index contributed by atoms with van der Waals surface area (Å²) in [7, 11) is 0. The number of fused-ring (bicyclic) bond motifs is 1. The van der Waals surface area contributed by atoms with E-state index in [4.69, 9.17) is 0 Å². The fraction of sp³-hybridized carbons (Fsp3) is 0.208. The molecule has 2 aromatic carbocycles. The number of rotatable bonds is 5. The highest BCUT2D eigenvalue weighted by Gasteiger charge is 2.45. The van der Waals surface area contributed by atoms with Gasteiger partial charge in [0.25, 0.3) is 11.7 Å². The molecule has 0 aliphatic carbocycles. The summed E-state index contributed by atoms with van der Waals surface area (Å²) in [4.78, 5) is 31.4. The SMILES string of the molecule is CCCCN1C(=O)C(=O)/C(=C(\O)c2cccc3ccccc23)C1c1ccncc1. The number of likely N-dealkylation sites (tertiary alicyclic amines) is 1. The van der Waals surface area contributed by atoms with Crippen LogP contribution >= 0.6 is 0 Å². The van der Waals surface area contributed by atoms with Crippen LogP contribution in [-0.2, 0) is 9.59 Å². The Morgan fingerprint density at radius 3 is 2.52 bits per heavy atom. The summed E-state index contributed by atoms with van der Waals surface area (Å²) >= 11 is 0. The molecule has 3 aromatic rings. The molecule has 4 rings (SSSR count). The predicted molar refractivity (Wildman–Crippen MR) is 112 cm³/mol. The van der Waals surface area contributed by atoms with Crippen molar-refractivity contribution in [2.75, 3.05) is 6.54 Å². The Morgan fingerprint density at radius 1 is 1.03 bits per heavy atom. The molecule has 5 nitrogen and oxygen atoms in total. The number of unbranched alkanes of at least 4 members (excludes halogenated alkanes) is 1. The van der Waals surface area contributed by atoms with Gasteiger partial charge in [-0.3, -0.25) is 14.6 Å². The van der Waals surface area contributed by atoms with Crippen LogP contribution in [0, 0.1) is 0 Å². The number of amides is 1. The number of Topliss-reactive ketones (excluding diaryl/α,β-unsaturated/α-hetero) is 1. The van der Waals surface area contributed by atoms with Gasteiger partial charge in [-0.1, -0.05) is 55.8 Å². The van der Waals surface area contributed by atoms with E-state index in [1.165, 1.54) is 0 Å². The van der Waals surface area contributed by atoms with E-state index in [0.29, 0.717) is 12.1 Å². The summed E-state index contributed by atoms with van der Waals surface area (Å²) in [5.74, 6) is -1.35. The zero-order valence-electron chi connectivity index (χ0n) is 16.2. The van der Waals surface area contributed by atoms with Crippen LogP contribution in [0.4, 0.5) is 0 Å². The lowest BCUT2D eigenvalue weighted by molar-refractivity contribution is -0.139. The van der Waals surface area contributed by atoms with Crippen molar-refractivity contribution in [1.29, 1.82) is 0 Å². The lowest BCUT2D eigenvalue weighted by Gasteiger charge is -2.25. The molecule has 0 radical (unpaired) electrons. The van der Waals surface area contributed by atoms with Crippen LogP contribution in [0.3, 0.4) is 0 Å². The third-order valence-corrected chi connectivity index (χ3v) is 5.36. The van der Waals surface area contributed by atoms with Crippen LogP contribution in [0.2, 0.25) is 0 Å². The van der Waals surface area contributed by atoms with Gasteiger partial charge in [0, 0.05) is 24.5 Å². The minimum Gasteiger partial charge on any atom is -0.507 e. The Balaban J connectivity index is 1.93. The largest absolute Gasteiger partial charge is 0.507 e. The highest BCUT2D eigenvalue weighted by molar-refractivity contribution is 6.46. The fourth-order valence-corrected chi connectivity index (χ4v) is 3.91. The van der Waals surface area contributed by atoms with E-state index in [-0.39, 0.29) is 11.3 Å². The Morgan fingerprint density at radius 2 is 1.76 bits per heavy atom. The number of carbonyl (C=O) groups excluding carboxylic acids is 2. The van der Waals surface area contributed by atoms with Gasteiger partial charge in [-0.05, 0) is 34.9 Å². The van der Waals surface area contributed by atoms with Crippen molar-refractivity contribution in [3.05, 3.63) is 83.7 Å². The van der Waals surface area contributed by atoms with Crippen LogP contribution in [-0.4, -0.2) is 33.2 Å². The first-order chi connectivity index (χ1) is 14.1. The highest BCUT2D eigenvalue weighted by Crippen LogP contribution is 2.40. The van der Waals surface area contributed by atoms with Crippen molar-refractivity contribution in [3.8, 4) is 0 Å². The van der Waals surface area contributed by atoms with Crippen LogP contribution < -0.4 is 0 Å². The molecular weight excluding hydrogens is 364 g/mol. The van der Waals surface area contributed by atoms with Crippen molar-refractivity contribution in [2.45, 2.75) is 25.8 Å². The Bertz CT molecular complexity index is 1100. The van der Waals surface area contributed by atoms with E-state index < -0.39 is 17.7 Å². The standard InChI is InChI=1S/C24H22N2O3/c1-2-3-15-26-21(17-11-13-25-14-12-17)20(23(28)24(26)29)22(27)19-10-6-8-16-7-4-5-9-18(16)19/h4-14,21,27H,2-3,15H2,1H3/b22-20-. The molecule has 1 aromatic heterocycles. The fourth-order valence-electron chi connectivity index (χ4n) is 3.91. The maximum Gasteiger partial charge on any atom is 0.295 e. The average molecular weight is 386 g/mol. The highest BCUT2D eigenvalue weighted by atomic mass is 16.3. The average Bonchev–Trinajstić information content (AvgIpc) is 3.02. The Hall–Kier alpha value is -3.47. The molecule has 1 amide bonds. The lowest BCUT2D eigenvalue weighted by atomic mass is 9.94. The maximum absolute atomic E-state index is 13.0. The van der Waals surface area contributed by atoms with Crippen LogP contribution in [0.1, 0.15) is 36.9 Å². The summed E-state index contributed by atoms with van der Waals surface area (Å²) < 4.78 is 0. The number of pyridine rings is 1. The normalized spacial score (nSPS) is 18.5. The van der Waals surface area contributed by atoms with Gasteiger partial charge in [-0.2, -0.15) is 0 Å². The molecule has 0 spiro atoms. The van der Waals surface area contributed by atoms with Gasteiger partial charge in [0.15, 0.2) is 0 Å². The number of benzene rings is 2. The van der Waals surface area contributed by atoms with E-state index in [9.17, 15) is 14.7 Å². The van der Waals surface area contributed by atoms with Crippen molar-refractivity contribution >= 4 is 28.2 Å². The van der Waals surface area contributed by atoms with Crippen molar-refractivity contribution < 1.29 is 14.7 Å². The van der Waals surface area contributed by atoms with Gasteiger partial charge in [0.05, 0.1) is 11.6 Å². The van der Waals surface area contributed by atoms with Gasteiger partial charge in [0.2, 0.25) is 0 Å². The quantitative estimate of drug-likeness (QED) is 0.399. The first-order valence-electron chi connectivity index (χ1n) is 9.80. The van der Waals surface area contributed by atoms with Crippen LogP contribution in [0.15, 0.2) is 72.6 Å². The summed E-state index contributed by atoms with van der Waals surface area (Å²) in [6.45, 7) is 2.49. The van der Waals surface area contributed by atoms with E-state index in [2.05, 4.69) is 4.98 Å². The molecule has 2 heterocycles. The molecular formula is C24H22N2O3. The maximum atomic E-state index is 13.0. The molecule has 0 bridgehead atoms. The van der Waals surface area contributed by atoms with Gasteiger partial charge in [-0.15, -0.1) is 0 Å². The second-order valence-corrected chi connectivity index (χ2v) is 7.15. The number of ketones is 1. The molecule has 1 aliphatic heterocycles. The number of aliphatic hydroxyl groups is 1. The van der Waals surface area contributed by atoms with Crippen LogP contribution in [0.25, 0.3) is 16.5 Å². The molecule has 1 saturated heterocycles. The molecule has 1 atom stereocenters. The number of nitrogens with zero attached hydrogens (tertiary/aromatic N) is 2. The predicted octanol–water partition coefficient (Wildman–Crippen LogP) is 4.46. The third kappa shape index (κ3) is 3.29. The molecule has 1 unspecified atom stereocenters. The van der Waals surface area contributed by atoms with E-state index >= 15 is 0 Å². The van der Waals surface area contributed by atoms with Gasteiger partial charge in [-0.25, -0.2) is 0 Å². The molecule has 146 valence electrons. The summed E-state index contributed by atoms with van der Waals surface area (Å²) in [5.41, 5.74) is 1.45. The minimum absolute atomic E-state index is 0.133. The minimum atomic E-state index is -0.645. The second-order valence-electron chi connectivity index (χ2n) is 7.15.